The van der Waals surface area contributed by atoms with Crippen LogP contribution in [0.2, 0.25) is 0 Å². The summed E-state index contributed by atoms with van der Waals surface area (Å²) in [6.45, 7) is 0. The second kappa shape index (κ2) is 4.06. The topological polar surface area (TPSA) is 81.1 Å². The highest BCUT2D eigenvalue weighted by atomic mass is 19.2. The number of aromatic nitrogens is 2. The molecule has 18 heavy (non-hydrogen) atoms. The Balaban J connectivity index is 2.59. The lowest BCUT2D eigenvalue weighted by Crippen LogP contribution is -2.07. The molecule has 3 N–H and O–H groups in total. The third kappa shape index (κ3) is 1.77. The molecule has 0 aliphatic heterocycles. The number of carboxylic acid groups (broad SMARTS) is 1. The molecule has 94 valence electrons. The van der Waals surface area contributed by atoms with Crippen molar-refractivity contribution >= 4 is 11.8 Å². The molecule has 0 amide bonds. The fourth-order valence-electron chi connectivity index (χ4n) is 1.39. The summed E-state index contributed by atoms with van der Waals surface area (Å²) in [5, 5.41) is 12.3. The van der Waals surface area contributed by atoms with Crippen LogP contribution in [0.15, 0.2) is 18.3 Å². The lowest BCUT2D eigenvalue weighted by Gasteiger charge is -2.05. The molecule has 0 atom stereocenters. The number of anilines is 1. The molecule has 0 fully saturated rings. The fraction of sp³-hybridized carbons (Fsp3) is 0. The number of carbonyl (C=O) groups is 1. The second-order valence-corrected chi connectivity index (χ2v) is 3.38. The minimum absolute atomic E-state index is 0.212. The SMILES string of the molecule is Nc1c(C(=O)O)cnn1-c1cc(F)c(F)c(F)c1. The molecular weight excluding hydrogens is 251 g/mol. The van der Waals surface area contributed by atoms with E-state index in [9.17, 15) is 18.0 Å². The van der Waals surface area contributed by atoms with Crippen LogP contribution in [0.25, 0.3) is 5.69 Å². The zero-order chi connectivity index (χ0) is 13.4. The summed E-state index contributed by atoms with van der Waals surface area (Å²) in [4.78, 5) is 10.7. The minimum Gasteiger partial charge on any atom is -0.477 e. The summed E-state index contributed by atoms with van der Waals surface area (Å²) >= 11 is 0. The van der Waals surface area contributed by atoms with Gasteiger partial charge in [-0.2, -0.15) is 5.10 Å². The number of halogens is 3. The predicted octanol–water partition coefficient (Wildman–Crippen LogP) is 1.57. The van der Waals surface area contributed by atoms with Crippen molar-refractivity contribution in [3.63, 3.8) is 0 Å². The summed E-state index contributed by atoms with van der Waals surface area (Å²) in [6.07, 6.45) is 0.927. The second-order valence-electron chi connectivity index (χ2n) is 3.38. The van der Waals surface area contributed by atoms with Crippen molar-refractivity contribution in [1.29, 1.82) is 0 Å². The van der Waals surface area contributed by atoms with E-state index < -0.39 is 23.4 Å². The van der Waals surface area contributed by atoms with E-state index in [0.29, 0.717) is 12.1 Å². The van der Waals surface area contributed by atoms with E-state index in [1.54, 1.807) is 0 Å². The lowest BCUT2D eigenvalue weighted by atomic mass is 10.2. The van der Waals surface area contributed by atoms with E-state index in [0.717, 1.165) is 10.9 Å². The zero-order valence-corrected chi connectivity index (χ0v) is 8.69. The van der Waals surface area contributed by atoms with Gasteiger partial charge < -0.3 is 10.8 Å². The van der Waals surface area contributed by atoms with Crippen molar-refractivity contribution in [2.45, 2.75) is 0 Å². The van der Waals surface area contributed by atoms with Gasteiger partial charge in [0.15, 0.2) is 17.5 Å². The number of nitrogen functional groups attached to an aromatic ring is 1. The zero-order valence-electron chi connectivity index (χ0n) is 8.69. The number of benzene rings is 1. The number of carboxylic acids is 1. The Kier molecular flexibility index (Phi) is 2.70. The molecule has 0 radical (unpaired) electrons. The molecule has 2 aromatic rings. The highest BCUT2D eigenvalue weighted by Gasteiger charge is 2.17. The van der Waals surface area contributed by atoms with E-state index in [4.69, 9.17) is 10.8 Å². The van der Waals surface area contributed by atoms with Crippen LogP contribution in [0.1, 0.15) is 10.4 Å². The van der Waals surface area contributed by atoms with Gasteiger partial charge in [-0.25, -0.2) is 22.6 Å². The molecule has 0 aliphatic rings. The van der Waals surface area contributed by atoms with Gasteiger partial charge in [-0.15, -0.1) is 0 Å². The summed E-state index contributed by atoms with van der Waals surface area (Å²) < 4.78 is 39.6. The van der Waals surface area contributed by atoms with Gasteiger partial charge in [0.2, 0.25) is 0 Å². The van der Waals surface area contributed by atoms with E-state index in [-0.39, 0.29) is 17.1 Å². The van der Waals surface area contributed by atoms with E-state index in [2.05, 4.69) is 5.10 Å². The lowest BCUT2D eigenvalue weighted by molar-refractivity contribution is 0.0698. The van der Waals surface area contributed by atoms with Crippen LogP contribution in [0.5, 0.6) is 0 Å². The van der Waals surface area contributed by atoms with Gasteiger partial charge in [-0.3, -0.25) is 0 Å². The standard InChI is InChI=1S/C10H6F3N3O2/c11-6-1-4(2-7(12)8(6)13)16-9(14)5(3-15-16)10(17)18/h1-3H,14H2,(H,17,18). The Hall–Kier alpha value is -2.51. The average molecular weight is 257 g/mol. The smallest absolute Gasteiger partial charge is 0.341 e. The molecule has 5 nitrogen and oxygen atoms in total. The van der Waals surface area contributed by atoms with Crippen molar-refractivity contribution in [3.8, 4) is 5.69 Å². The Labute approximate surface area is 98.3 Å². The van der Waals surface area contributed by atoms with Crippen LogP contribution in [-0.4, -0.2) is 20.9 Å². The third-order valence-electron chi connectivity index (χ3n) is 2.25. The normalized spacial score (nSPS) is 10.6. The van der Waals surface area contributed by atoms with Crippen molar-refractivity contribution in [1.82, 2.24) is 9.78 Å². The molecule has 0 saturated heterocycles. The Morgan fingerprint density at radius 1 is 1.28 bits per heavy atom. The molecule has 1 aromatic heterocycles. The molecule has 1 heterocycles. The average Bonchev–Trinajstić information content (AvgIpc) is 2.67. The minimum atomic E-state index is -1.62. The van der Waals surface area contributed by atoms with Crippen LogP contribution in [-0.2, 0) is 0 Å². The summed E-state index contributed by atoms with van der Waals surface area (Å²) in [6, 6.07) is 1.32. The van der Waals surface area contributed by atoms with Crippen LogP contribution in [0.3, 0.4) is 0 Å². The van der Waals surface area contributed by atoms with Crippen molar-refractivity contribution in [2.75, 3.05) is 5.73 Å². The number of nitrogens with two attached hydrogens (primary N) is 1. The summed E-state index contributed by atoms with van der Waals surface area (Å²) in [7, 11) is 0. The first-order chi connectivity index (χ1) is 8.41. The quantitative estimate of drug-likeness (QED) is 0.800. The van der Waals surface area contributed by atoms with E-state index >= 15 is 0 Å². The molecular formula is C10H6F3N3O2. The number of hydrogen-bond donors (Lipinski definition) is 2. The van der Waals surface area contributed by atoms with Gasteiger partial charge in [0.1, 0.15) is 11.4 Å². The third-order valence-corrected chi connectivity index (χ3v) is 2.25. The van der Waals surface area contributed by atoms with E-state index in [1.807, 2.05) is 0 Å². The number of hydrogen-bond acceptors (Lipinski definition) is 3. The highest BCUT2D eigenvalue weighted by Crippen LogP contribution is 2.20. The van der Waals surface area contributed by atoms with Crippen LogP contribution in [0.4, 0.5) is 19.0 Å². The maximum atomic E-state index is 13.0. The van der Waals surface area contributed by atoms with Gasteiger partial charge in [-0.1, -0.05) is 0 Å². The van der Waals surface area contributed by atoms with Crippen LogP contribution < -0.4 is 5.73 Å². The molecule has 8 heteroatoms. The van der Waals surface area contributed by atoms with Crippen molar-refractivity contribution in [3.05, 3.63) is 41.3 Å². The number of aromatic carboxylic acids is 1. The summed E-state index contributed by atoms with van der Waals surface area (Å²) in [5.74, 6) is -6.11. The first kappa shape index (κ1) is 12.0. The molecule has 0 bridgehead atoms. The van der Waals surface area contributed by atoms with Gasteiger partial charge in [0, 0.05) is 12.1 Å². The molecule has 0 spiro atoms. The van der Waals surface area contributed by atoms with Gasteiger partial charge in [0.05, 0.1) is 11.9 Å². The molecule has 0 unspecified atom stereocenters. The largest absolute Gasteiger partial charge is 0.477 e. The van der Waals surface area contributed by atoms with Gasteiger partial charge in [0.25, 0.3) is 0 Å². The van der Waals surface area contributed by atoms with Gasteiger partial charge in [-0.05, 0) is 0 Å². The molecule has 0 aliphatic carbocycles. The maximum absolute atomic E-state index is 13.0. The Morgan fingerprint density at radius 3 is 2.28 bits per heavy atom. The molecule has 0 saturated carbocycles. The monoisotopic (exact) mass is 257 g/mol. The molecule has 2 rings (SSSR count). The van der Waals surface area contributed by atoms with Crippen molar-refractivity contribution in [2.24, 2.45) is 0 Å². The fourth-order valence-corrected chi connectivity index (χ4v) is 1.39. The predicted molar refractivity (Wildman–Crippen MR) is 54.8 cm³/mol. The van der Waals surface area contributed by atoms with Crippen LogP contribution >= 0.6 is 0 Å². The van der Waals surface area contributed by atoms with Crippen LogP contribution in [0, 0.1) is 17.5 Å². The Morgan fingerprint density at radius 2 is 1.83 bits per heavy atom. The number of nitrogens with zero attached hydrogens (tertiary/aromatic N) is 2. The first-order valence-electron chi connectivity index (χ1n) is 4.63. The Bertz CT molecular complexity index is 616. The first-order valence-corrected chi connectivity index (χ1v) is 4.63. The van der Waals surface area contributed by atoms with Gasteiger partial charge >= 0.3 is 5.97 Å². The molecule has 1 aromatic carbocycles. The van der Waals surface area contributed by atoms with E-state index in [1.165, 1.54) is 0 Å². The van der Waals surface area contributed by atoms with Crippen molar-refractivity contribution < 1.29 is 23.1 Å². The highest BCUT2D eigenvalue weighted by molar-refractivity contribution is 5.92. The maximum Gasteiger partial charge on any atom is 0.341 e. The summed E-state index contributed by atoms with van der Waals surface area (Å²) in [5.41, 5.74) is 4.92. The number of rotatable bonds is 2.